The van der Waals surface area contributed by atoms with Crippen LogP contribution < -0.4 is 19.7 Å². The highest BCUT2D eigenvalue weighted by Gasteiger charge is 2.22. The molecule has 0 saturated carbocycles. The first kappa shape index (κ1) is 19.7. The number of benzene rings is 2. The first-order valence-corrected chi connectivity index (χ1v) is 10.9. The van der Waals surface area contributed by atoms with Crippen molar-refractivity contribution in [1.82, 2.24) is 10.0 Å². The van der Waals surface area contributed by atoms with E-state index in [0.29, 0.717) is 0 Å². The number of hydrogen-bond donors (Lipinski definition) is 2. The molecular formula is C20H27N3O3S. The monoisotopic (exact) mass is 389 g/mol. The van der Waals surface area contributed by atoms with Crippen LogP contribution in [0.2, 0.25) is 0 Å². The average molecular weight is 390 g/mol. The largest absolute Gasteiger partial charge is 0.485 e. The molecule has 0 radical (unpaired) electrons. The van der Waals surface area contributed by atoms with Crippen molar-refractivity contribution in [2.24, 2.45) is 0 Å². The molecule has 2 aromatic carbocycles. The van der Waals surface area contributed by atoms with Crippen LogP contribution in [0, 0.1) is 0 Å². The lowest BCUT2D eigenvalue weighted by atomic mass is 10.1. The molecule has 0 spiro atoms. The molecule has 7 heteroatoms. The van der Waals surface area contributed by atoms with E-state index in [1.54, 1.807) is 0 Å². The molecule has 1 aliphatic heterocycles. The fourth-order valence-electron chi connectivity index (χ4n) is 3.29. The van der Waals surface area contributed by atoms with Crippen LogP contribution in [-0.2, 0) is 16.6 Å². The van der Waals surface area contributed by atoms with E-state index in [1.165, 1.54) is 6.26 Å². The first-order valence-electron chi connectivity index (χ1n) is 9.05. The maximum absolute atomic E-state index is 11.3. The van der Waals surface area contributed by atoms with Gasteiger partial charge in [0, 0.05) is 26.2 Å². The van der Waals surface area contributed by atoms with Crippen molar-refractivity contribution in [3.05, 3.63) is 59.7 Å². The van der Waals surface area contributed by atoms with Gasteiger partial charge < -0.3 is 15.0 Å². The van der Waals surface area contributed by atoms with Gasteiger partial charge in [-0.2, -0.15) is 0 Å². The topological polar surface area (TPSA) is 70.7 Å². The second-order valence-electron chi connectivity index (χ2n) is 7.07. The predicted molar refractivity (Wildman–Crippen MR) is 109 cm³/mol. The second-order valence-corrected chi connectivity index (χ2v) is 8.85. The van der Waals surface area contributed by atoms with E-state index in [-0.39, 0.29) is 12.1 Å². The number of nitrogens with zero attached hydrogens (tertiary/aromatic N) is 1. The Bertz CT molecular complexity index is 868. The summed E-state index contributed by atoms with van der Waals surface area (Å²) in [5, 5.41) is 3.45. The summed E-state index contributed by atoms with van der Waals surface area (Å²) in [6.07, 6.45) is 1.27. The highest BCUT2D eigenvalue weighted by molar-refractivity contribution is 7.88. The molecule has 2 aromatic rings. The summed E-state index contributed by atoms with van der Waals surface area (Å²) in [5.74, 6) is 0.926. The molecule has 0 amide bonds. The normalized spacial score (nSPS) is 17.9. The first-order chi connectivity index (χ1) is 12.8. The predicted octanol–water partition coefficient (Wildman–Crippen LogP) is 2.28. The van der Waals surface area contributed by atoms with Gasteiger partial charge in [-0.15, -0.1) is 0 Å². The fraction of sp³-hybridized carbons (Fsp3) is 0.400. The quantitative estimate of drug-likeness (QED) is 0.760. The lowest BCUT2D eigenvalue weighted by Crippen LogP contribution is -2.43. The number of para-hydroxylation sites is 2. The van der Waals surface area contributed by atoms with Crippen LogP contribution in [0.3, 0.4) is 0 Å². The third kappa shape index (κ3) is 5.45. The molecule has 27 heavy (non-hydrogen) atoms. The summed E-state index contributed by atoms with van der Waals surface area (Å²) in [5.41, 5.74) is 3.22. The zero-order chi connectivity index (χ0) is 19.4. The fourth-order valence-corrected chi connectivity index (χ4v) is 4.07. The van der Waals surface area contributed by atoms with Gasteiger partial charge in [0.15, 0.2) is 0 Å². The Morgan fingerprint density at radius 1 is 1.19 bits per heavy atom. The van der Waals surface area contributed by atoms with Gasteiger partial charge in [0.05, 0.1) is 18.5 Å². The second kappa shape index (κ2) is 8.29. The van der Waals surface area contributed by atoms with Gasteiger partial charge in [-0.1, -0.05) is 36.4 Å². The van der Waals surface area contributed by atoms with Crippen molar-refractivity contribution < 1.29 is 13.2 Å². The number of fused-ring (bicyclic) bond motifs is 1. The SMILES string of the molecule is CC(NS(C)(=O)=O)c1ccc(CNCC2CN(C)c3ccccc3O2)cc1. The summed E-state index contributed by atoms with van der Waals surface area (Å²) in [6.45, 7) is 4.17. The van der Waals surface area contributed by atoms with Crippen molar-refractivity contribution in [2.75, 3.05) is 31.3 Å². The molecule has 2 atom stereocenters. The van der Waals surface area contributed by atoms with Gasteiger partial charge in [0.2, 0.25) is 10.0 Å². The molecule has 6 nitrogen and oxygen atoms in total. The molecule has 0 saturated heterocycles. The van der Waals surface area contributed by atoms with E-state index in [9.17, 15) is 8.42 Å². The maximum atomic E-state index is 11.3. The van der Waals surface area contributed by atoms with Crippen LogP contribution in [0.4, 0.5) is 5.69 Å². The summed E-state index contributed by atoms with van der Waals surface area (Å²) < 4.78 is 31.3. The molecule has 2 N–H and O–H groups in total. The molecule has 1 aliphatic rings. The van der Waals surface area contributed by atoms with E-state index < -0.39 is 10.0 Å². The average Bonchev–Trinajstić information content (AvgIpc) is 2.61. The van der Waals surface area contributed by atoms with Gasteiger partial charge in [0.1, 0.15) is 11.9 Å². The third-order valence-electron chi connectivity index (χ3n) is 4.62. The Morgan fingerprint density at radius 3 is 2.59 bits per heavy atom. The highest BCUT2D eigenvalue weighted by Crippen LogP contribution is 2.31. The van der Waals surface area contributed by atoms with Gasteiger partial charge in [-0.05, 0) is 30.2 Å². The molecular weight excluding hydrogens is 362 g/mol. The Morgan fingerprint density at radius 2 is 1.89 bits per heavy atom. The lowest BCUT2D eigenvalue weighted by molar-refractivity contribution is 0.192. The summed E-state index contributed by atoms with van der Waals surface area (Å²) >= 11 is 0. The van der Waals surface area contributed by atoms with Crippen molar-refractivity contribution in [3.8, 4) is 5.75 Å². The smallest absolute Gasteiger partial charge is 0.209 e. The van der Waals surface area contributed by atoms with Gasteiger partial charge >= 0.3 is 0 Å². The van der Waals surface area contributed by atoms with E-state index in [4.69, 9.17) is 4.74 Å². The molecule has 0 bridgehead atoms. The summed E-state index contributed by atoms with van der Waals surface area (Å²) in [6, 6.07) is 15.8. The third-order valence-corrected chi connectivity index (χ3v) is 5.40. The van der Waals surface area contributed by atoms with Crippen LogP contribution in [0.1, 0.15) is 24.1 Å². The van der Waals surface area contributed by atoms with E-state index in [2.05, 4.69) is 28.1 Å². The number of ether oxygens (including phenoxy) is 1. The Hall–Kier alpha value is -2.09. The van der Waals surface area contributed by atoms with Gasteiger partial charge in [0.25, 0.3) is 0 Å². The van der Waals surface area contributed by atoms with Crippen LogP contribution in [-0.4, -0.2) is 40.9 Å². The van der Waals surface area contributed by atoms with E-state index in [0.717, 1.165) is 42.2 Å². The molecule has 1 heterocycles. The summed E-state index contributed by atoms with van der Waals surface area (Å²) in [4.78, 5) is 2.22. The maximum Gasteiger partial charge on any atom is 0.209 e. The van der Waals surface area contributed by atoms with Crippen molar-refractivity contribution in [3.63, 3.8) is 0 Å². The number of likely N-dealkylation sites (N-methyl/N-ethyl adjacent to an activating group) is 1. The summed E-state index contributed by atoms with van der Waals surface area (Å²) in [7, 11) is -1.13. The van der Waals surface area contributed by atoms with Crippen molar-refractivity contribution in [2.45, 2.75) is 25.6 Å². The van der Waals surface area contributed by atoms with Gasteiger partial charge in [-0.3, -0.25) is 0 Å². The standard InChI is InChI=1S/C20H27N3O3S/c1-15(22-27(3,24)25)17-10-8-16(9-11-17)12-21-13-18-14-23(2)19-6-4-5-7-20(19)26-18/h4-11,15,18,21-22H,12-14H2,1-3H3. The Kier molecular flexibility index (Phi) is 6.04. The Balaban J connectivity index is 1.50. The number of sulfonamides is 1. The number of anilines is 1. The van der Waals surface area contributed by atoms with E-state index in [1.807, 2.05) is 49.4 Å². The number of rotatable bonds is 7. The molecule has 0 aromatic heterocycles. The lowest BCUT2D eigenvalue weighted by Gasteiger charge is -2.33. The minimum Gasteiger partial charge on any atom is -0.485 e. The molecule has 146 valence electrons. The van der Waals surface area contributed by atoms with Crippen LogP contribution in [0.25, 0.3) is 0 Å². The number of hydrogen-bond acceptors (Lipinski definition) is 5. The minimum absolute atomic E-state index is 0.100. The number of nitrogens with one attached hydrogen (secondary N) is 2. The van der Waals surface area contributed by atoms with Crippen LogP contribution in [0.5, 0.6) is 5.75 Å². The van der Waals surface area contributed by atoms with Crippen LogP contribution >= 0.6 is 0 Å². The van der Waals surface area contributed by atoms with E-state index >= 15 is 0 Å². The molecule has 0 aliphatic carbocycles. The van der Waals surface area contributed by atoms with Crippen molar-refractivity contribution in [1.29, 1.82) is 0 Å². The highest BCUT2D eigenvalue weighted by atomic mass is 32.2. The van der Waals surface area contributed by atoms with Gasteiger partial charge in [-0.25, -0.2) is 13.1 Å². The molecule has 0 fully saturated rings. The van der Waals surface area contributed by atoms with Crippen LogP contribution in [0.15, 0.2) is 48.5 Å². The molecule has 2 unspecified atom stereocenters. The van der Waals surface area contributed by atoms with Crippen molar-refractivity contribution >= 4 is 15.7 Å². The molecule has 3 rings (SSSR count). The minimum atomic E-state index is -3.21. The zero-order valence-corrected chi connectivity index (χ0v) is 16.8. The zero-order valence-electron chi connectivity index (χ0n) is 16.0. The Labute approximate surface area is 161 Å².